The summed E-state index contributed by atoms with van der Waals surface area (Å²) in [6.07, 6.45) is 7.59. The van der Waals surface area contributed by atoms with Crippen LogP contribution in [0.5, 0.6) is 5.75 Å². The Balaban J connectivity index is 1.82. The van der Waals surface area contributed by atoms with Crippen LogP contribution in [0.15, 0.2) is 72.0 Å². The van der Waals surface area contributed by atoms with Gasteiger partial charge in [0.25, 0.3) is 5.91 Å². The van der Waals surface area contributed by atoms with Gasteiger partial charge in [0, 0.05) is 13.7 Å². The molecule has 1 N–H and O–H groups in total. The molecule has 0 bridgehead atoms. The average molecular weight is 464 g/mol. The van der Waals surface area contributed by atoms with E-state index in [1.54, 1.807) is 13.2 Å². The second kappa shape index (κ2) is 12.8. The van der Waals surface area contributed by atoms with Gasteiger partial charge in [-0.2, -0.15) is 0 Å². The number of hydrogen-bond donors (Lipinski definition) is 1. The molecular weight excluding hydrogens is 430 g/mol. The van der Waals surface area contributed by atoms with Gasteiger partial charge in [0.05, 0.1) is 24.8 Å². The number of nitrogens with zero attached hydrogens (tertiary/aromatic N) is 1. The summed E-state index contributed by atoms with van der Waals surface area (Å²) in [4.78, 5) is 27.4. The molecule has 1 unspecified atom stereocenters. The minimum atomic E-state index is -0.700. The number of aliphatic hydroxyl groups is 1. The molecule has 2 aromatic carbocycles. The molecule has 0 saturated carbocycles. The van der Waals surface area contributed by atoms with E-state index in [0.717, 1.165) is 29.7 Å². The quantitative estimate of drug-likeness (QED) is 0.323. The van der Waals surface area contributed by atoms with Gasteiger partial charge in [-0.3, -0.25) is 9.59 Å². The van der Waals surface area contributed by atoms with E-state index in [0.29, 0.717) is 6.61 Å². The number of ketones is 1. The fourth-order valence-electron chi connectivity index (χ4n) is 3.96. The number of methoxy groups -OCH3 is 1. The summed E-state index contributed by atoms with van der Waals surface area (Å²) in [6, 6.07) is 16.1. The monoisotopic (exact) mass is 463 g/mol. The Bertz CT molecular complexity index is 1010. The van der Waals surface area contributed by atoms with Crippen molar-refractivity contribution >= 4 is 17.8 Å². The van der Waals surface area contributed by atoms with Crippen molar-refractivity contribution in [3.63, 3.8) is 0 Å². The maximum atomic E-state index is 13.1. The van der Waals surface area contributed by atoms with Crippen LogP contribution in [0.2, 0.25) is 0 Å². The van der Waals surface area contributed by atoms with Gasteiger partial charge in [0.2, 0.25) is 0 Å². The van der Waals surface area contributed by atoms with E-state index >= 15 is 0 Å². The number of carbonyl (C=O) groups excluding carboxylic acids is 2. The number of rotatable bonds is 13. The molecule has 6 heteroatoms. The fourth-order valence-corrected chi connectivity index (χ4v) is 3.96. The molecule has 1 aliphatic rings. The van der Waals surface area contributed by atoms with Gasteiger partial charge in [-0.25, -0.2) is 0 Å². The Morgan fingerprint density at radius 2 is 1.76 bits per heavy atom. The molecule has 0 fully saturated rings. The third-order valence-corrected chi connectivity index (χ3v) is 5.79. The maximum absolute atomic E-state index is 13.1. The molecule has 6 nitrogen and oxygen atoms in total. The second-order valence-corrected chi connectivity index (χ2v) is 8.24. The van der Waals surface area contributed by atoms with E-state index in [2.05, 4.69) is 6.92 Å². The van der Waals surface area contributed by atoms with Crippen molar-refractivity contribution in [2.75, 3.05) is 26.9 Å². The van der Waals surface area contributed by atoms with Crippen molar-refractivity contribution in [2.45, 2.75) is 38.6 Å². The Kier molecular flexibility index (Phi) is 9.47. The van der Waals surface area contributed by atoms with Crippen LogP contribution in [0.3, 0.4) is 0 Å². The van der Waals surface area contributed by atoms with Crippen molar-refractivity contribution < 1.29 is 24.2 Å². The number of benzene rings is 2. The Morgan fingerprint density at radius 3 is 2.44 bits per heavy atom. The first kappa shape index (κ1) is 25.2. The summed E-state index contributed by atoms with van der Waals surface area (Å²) in [5.41, 5.74) is 1.65. The van der Waals surface area contributed by atoms with Crippen LogP contribution in [0.25, 0.3) is 6.08 Å². The average Bonchev–Trinajstić information content (AvgIpc) is 3.12. The van der Waals surface area contributed by atoms with Gasteiger partial charge in [-0.15, -0.1) is 0 Å². The summed E-state index contributed by atoms with van der Waals surface area (Å²) in [5, 5.41) is 10.6. The van der Waals surface area contributed by atoms with Crippen molar-refractivity contribution in [3.05, 3.63) is 83.1 Å². The Hall–Kier alpha value is -3.38. The van der Waals surface area contributed by atoms with Crippen molar-refractivity contribution in [1.82, 2.24) is 4.90 Å². The van der Waals surface area contributed by atoms with Gasteiger partial charge >= 0.3 is 0 Å². The fraction of sp³-hybridized carbons (Fsp3) is 0.357. The lowest BCUT2D eigenvalue weighted by Crippen LogP contribution is -2.33. The highest BCUT2D eigenvalue weighted by Crippen LogP contribution is 2.38. The molecule has 1 aliphatic heterocycles. The molecular formula is C28H33NO5. The second-order valence-electron chi connectivity index (χ2n) is 8.24. The van der Waals surface area contributed by atoms with Crippen LogP contribution in [-0.4, -0.2) is 48.6 Å². The van der Waals surface area contributed by atoms with Gasteiger partial charge < -0.3 is 19.5 Å². The topological polar surface area (TPSA) is 76.1 Å². The highest BCUT2D eigenvalue weighted by molar-refractivity contribution is 6.14. The summed E-state index contributed by atoms with van der Waals surface area (Å²) in [6.45, 7) is 3.36. The smallest absolute Gasteiger partial charge is 0.290 e. The predicted molar refractivity (Wildman–Crippen MR) is 133 cm³/mol. The van der Waals surface area contributed by atoms with Gasteiger partial charge in [-0.1, -0.05) is 74.7 Å². The molecule has 0 radical (unpaired) electrons. The zero-order valence-electron chi connectivity index (χ0n) is 19.9. The van der Waals surface area contributed by atoms with Crippen LogP contribution in [0, 0.1) is 0 Å². The molecule has 180 valence electrons. The van der Waals surface area contributed by atoms with Crippen molar-refractivity contribution in [2.24, 2.45) is 0 Å². The number of amides is 1. The summed E-state index contributed by atoms with van der Waals surface area (Å²) in [7, 11) is 1.55. The maximum Gasteiger partial charge on any atom is 0.290 e. The Morgan fingerprint density at radius 1 is 1.03 bits per heavy atom. The van der Waals surface area contributed by atoms with Crippen LogP contribution >= 0.6 is 0 Å². The molecule has 0 spiro atoms. The van der Waals surface area contributed by atoms with Crippen LogP contribution in [-0.2, 0) is 14.3 Å². The first-order valence-electron chi connectivity index (χ1n) is 11.8. The zero-order chi connectivity index (χ0) is 24.3. The molecule has 3 rings (SSSR count). The number of ether oxygens (including phenoxy) is 2. The molecule has 0 saturated heterocycles. The van der Waals surface area contributed by atoms with Crippen LogP contribution < -0.4 is 4.74 Å². The SMILES string of the molecule is CCCCCCOc1ccc(C2C(C(=O)/C=C/c3ccccc3)=C(O)C(=O)N2CCOC)cc1. The standard InChI is InChI=1S/C28H33NO5/c1-3-4-5-9-19-34-23-15-13-22(14-16-23)26-25(27(31)28(32)29(26)18-20-33-2)24(30)17-12-21-10-7-6-8-11-21/h6-8,10-17,26,31H,3-5,9,18-20H2,1-2H3/b17-12+. The first-order valence-corrected chi connectivity index (χ1v) is 11.8. The zero-order valence-corrected chi connectivity index (χ0v) is 19.9. The highest BCUT2D eigenvalue weighted by atomic mass is 16.5. The van der Waals surface area contributed by atoms with Gasteiger partial charge in [0.1, 0.15) is 5.75 Å². The van der Waals surface area contributed by atoms with E-state index in [1.165, 1.54) is 23.8 Å². The lowest BCUT2D eigenvalue weighted by Gasteiger charge is -2.26. The largest absolute Gasteiger partial charge is 0.503 e. The molecule has 0 aliphatic carbocycles. The van der Waals surface area contributed by atoms with Crippen LogP contribution in [0.4, 0.5) is 0 Å². The molecule has 1 heterocycles. The minimum Gasteiger partial charge on any atom is -0.503 e. The number of aliphatic hydroxyl groups excluding tert-OH is 1. The molecule has 1 atom stereocenters. The summed E-state index contributed by atoms with van der Waals surface area (Å²) >= 11 is 0. The highest BCUT2D eigenvalue weighted by Gasteiger charge is 2.42. The van der Waals surface area contributed by atoms with E-state index < -0.39 is 23.5 Å². The van der Waals surface area contributed by atoms with Crippen molar-refractivity contribution in [1.29, 1.82) is 0 Å². The molecule has 0 aromatic heterocycles. The lowest BCUT2D eigenvalue weighted by atomic mass is 9.95. The third-order valence-electron chi connectivity index (χ3n) is 5.79. The minimum absolute atomic E-state index is 0.0709. The first-order chi connectivity index (χ1) is 16.6. The summed E-state index contributed by atoms with van der Waals surface area (Å²) < 4.78 is 11.0. The van der Waals surface area contributed by atoms with E-state index in [-0.39, 0.29) is 18.7 Å². The van der Waals surface area contributed by atoms with Crippen molar-refractivity contribution in [3.8, 4) is 5.75 Å². The molecule has 2 aromatic rings. The van der Waals surface area contributed by atoms with E-state index in [4.69, 9.17) is 9.47 Å². The summed E-state index contributed by atoms with van der Waals surface area (Å²) in [5.74, 6) is -0.760. The van der Waals surface area contributed by atoms with E-state index in [1.807, 2.05) is 54.6 Å². The molecule has 34 heavy (non-hydrogen) atoms. The number of hydrogen-bond acceptors (Lipinski definition) is 5. The third kappa shape index (κ3) is 6.35. The number of carbonyl (C=O) groups is 2. The number of unbranched alkanes of at least 4 members (excludes halogenated alkanes) is 3. The van der Waals surface area contributed by atoms with Gasteiger partial charge in [-0.05, 0) is 35.8 Å². The van der Waals surface area contributed by atoms with Crippen LogP contribution in [0.1, 0.15) is 49.8 Å². The molecule has 1 amide bonds. The lowest BCUT2D eigenvalue weighted by molar-refractivity contribution is -0.130. The Labute approximate surface area is 201 Å². The number of allylic oxidation sites excluding steroid dienone is 1. The van der Waals surface area contributed by atoms with Gasteiger partial charge in [0.15, 0.2) is 11.5 Å². The van der Waals surface area contributed by atoms with E-state index in [9.17, 15) is 14.7 Å². The normalized spacial score (nSPS) is 16.0. The predicted octanol–water partition coefficient (Wildman–Crippen LogP) is 5.27.